The Labute approximate surface area is 131 Å². The van der Waals surface area contributed by atoms with Crippen molar-refractivity contribution in [3.05, 3.63) is 83.2 Å². The van der Waals surface area contributed by atoms with Crippen molar-refractivity contribution in [1.29, 1.82) is 0 Å². The first-order valence-electron chi connectivity index (χ1n) is 7.54. The molecule has 0 unspecified atom stereocenters. The van der Waals surface area contributed by atoms with E-state index in [0.29, 0.717) is 5.52 Å². The number of hydrogen-bond acceptors (Lipinski definition) is 2. The molecule has 0 radical (unpaired) electrons. The average molecular weight is 296 g/mol. The van der Waals surface area contributed by atoms with Gasteiger partial charge in [0.2, 0.25) is 5.43 Å². The van der Waals surface area contributed by atoms with Crippen molar-refractivity contribution >= 4 is 27.5 Å². The molecule has 5 rings (SSSR count). The average Bonchev–Trinajstić information content (AvgIpc) is 3.06. The third-order valence-electron chi connectivity index (χ3n) is 4.42. The Balaban J connectivity index is 2.02. The fourth-order valence-corrected chi connectivity index (χ4v) is 3.35. The lowest BCUT2D eigenvalue weighted by Gasteiger charge is -2.09. The highest BCUT2D eigenvalue weighted by molar-refractivity contribution is 6.01. The van der Waals surface area contributed by atoms with Crippen LogP contribution < -0.4 is 5.43 Å². The molecular weight excluding hydrogens is 284 g/mol. The SMILES string of the molecule is O=c1c2ccccc2c2cnc3c(-c4ccccc4)ccc1n32. The van der Waals surface area contributed by atoms with Crippen LogP contribution in [0, 0.1) is 0 Å². The molecule has 0 saturated carbocycles. The first-order valence-corrected chi connectivity index (χ1v) is 7.54. The smallest absolute Gasteiger partial charge is 0.210 e. The molecule has 0 saturated heterocycles. The van der Waals surface area contributed by atoms with Crippen molar-refractivity contribution in [3.8, 4) is 11.1 Å². The van der Waals surface area contributed by atoms with E-state index in [1.54, 1.807) is 0 Å². The van der Waals surface area contributed by atoms with Crippen LogP contribution in [0.3, 0.4) is 0 Å². The largest absolute Gasteiger partial charge is 0.288 e. The number of aromatic nitrogens is 2. The molecule has 3 heteroatoms. The molecule has 0 amide bonds. The van der Waals surface area contributed by atoms with E-state index in [4.69, 9.17) is 0 Å². The Morgan fingerprint density at radius 3 is 2.30 bits per heavy atom. The van der Waals surface area contributed by atoms with Gasteiger partial charge in [0.1, 0.15) is 5.65 Å². The molecule has 3 heterocycles. The molecule has 2 aromatic carbocycles. The van der Waals surface area contributed by atoms with E-state index in [1.807, 2.05) is 65.2 Å². The van der Waals surface area contributed by atoms with Crippen LogP contribution in [0.15, 0.2) is 77.7 Å². The van der Waals surface area contributed by atoms with Crippen molar-refractivity contribution in [2.45, 2.75) is 0 Å². The Morgan fingerprint density at radius 1 is 0.739 bits per heavy atom. The van der Waals surface area contributed by atoms with Crippen LogP contribution in [0.25, 0.3) is 38.6 Å². The van der Waals surface area contributed by atoms with Gasteiger partial charge in [0.25, 0.3) is 0 Å². The number of pyridine rings is 2. The van der Waals surface area contributed by atoms with Gasteiger partial charge < -0.3 is 0 Å². The molecule has 0 aliphatic carbocycles. The predicted octanol–water partition coefficient (Wildman–Crippen LogP) is 4.11. The van der Waals surface area contributed by atoms with Crippen molar-refractivity contribution in [3.63, 3.8) is 0 Å². The zero-order chi connectivity index (χ0) is 15.4. The number of benzene rings is 2. The molecule has 0 fully saturated rings. The number of imidazole rings is 1. The lowest BCUT2D eigenvalue weighted by atomic mass is 10.1. The number of rotatable bonds is 1. The van der Waals surface area contributed by atoms with Crippen molar-refractivity contribution < 1.29 is 0 Å². The van der Waals surface area contributed by atoms with E-state index < -0.39 is 0 Å². The lowest BCUT2D eigenvalue weighted by Crippen LogP contribution is -2.08. The summed E-state index contributed by atoms with van der Waals surface area (Å²) in [4.78, 5) is 17.4. The number of hydrogen-bond donors (Lipinski definition) is 0. The van der Waals surface area contributed by atoms with Crippen molar-refractivity contribution in [2.24, 2.45) is 0 Å². The summed E-state index contributed by atoms with van der Waals surface area (Å²) in [6.45, 7) is 0. The molecule has 3 nitrogen and oxygen atoms in total. The summed E-state index contributed by atoms with van der Waals surface area (Å²) in [5.74, 6) is 0. The molecule has 5 aromatic rings. The summed E-state index contributed by atoms with van der Waals surface area (Å²) in [6.07, 6.45) is 1.86. The summed E-state index contributed by atoms with van der Waals surface area (Å²) in [6, 6.07) is 21.7. The maximum absolute atomic E-state index is 12.8. The third kappa shape index (κ3) is 1.59. The number of fused-ring (bicyclic) bond motifs is 2. The van der Waals surface area contributed by atoms with Gasteiger partial charge in [0.15, 0.2) is 0 Å². The molecular formula is C20H12N2O. The van der Waals surface area contributed by atoms with Crippen LogP contribution >= 0.6 is 0 Å². The number of nitrogens with zero attached hydrogens (tertiary/aromatic N) is 2. The van der Waals surface area contributed by atoms with E-state index in [0.717, 1.165) is 33.1 Å². The van der Waals surface area contributed by atoms with Gasteiger partial charge in [-0.25, -0.2) is 4.98 Å². The van der Waals surface area contributed by atoms with Crippen LogP contribution in [0.1, 0.15) is 0 Å². The van der Waals surface area contributed by atoms with Crippen LogP contribution in [0.5, 0.6) is 0 Å². The monoisotopic (exact) mass is 296 g/mol. The fourth-order valence-electron chi connectivity index (χ4n) is 3.35. The molecule has 0 spiro atoms. The highest BCUT2D eigenvalue weighted by Gasteiger charge is 2.15. The molecule has 0 atom stereocenters. The second kappa shape index (κ2) is 4.40. The minimum Gasteiger partial charge on any atom is -0.288 e. The maximum atomic E-state index is 12.8. The van der Waals surface area contributed by atoms with Gasteiger partial charge in [-0.05, 0) is 17.7 Å². The van der Waals surface area contributed by atoms with Crippen molar-refractivity contribution in [2.75, 3.05) is 0 Å². The zero-order valence-electron chi connectivity index (χ0n) is 12.2. The van der Waals surface area contributed by atoms with E-state index in [2.05, 4.69) is 17.1 Å². The van der Waals surface area contributed by atoms with E-state index >= 15 is 0 Å². The quantitative estimate of drug-likeness (QED) is 0.436. The summed E-state index contributed by atoms with van der Waals surface area (Å²) in [7, 11) is 0. The van der Waals surface area contributed by atoms with Gasteiger partial charge in [-0.2, -0.15) is 0 Å². The second-order valence-electron chi connectivity index (χ2n) is 5.68. The van der Waals surface area contributed by atoms with Gasteiger partial charge in [-0.3, -0.25) is 9.20 Å². The summed E-state index contributed by atoms with van der Waals surface area (Å²) in [5.41, 5.74) is 4.66. The maximum Gasteiger partial charge on any atom is 0.210 e. The van der Waals surface area contributed by atoms with Crippen LogP contribution in [-0.2, 0) is 0 Å². The Bertz CT molecular complexity index is 1220. The third-order valence-corrected chi connectivity index (χ3v) is 4.42. The highest BCUT2D eigenvalue weighted by Crippen LogP contribution is 2.29. The predicted molar refractivity (Wildman–Crippen MR) is 93.1 cm³/mol. The molecule has 0 aliphatic rings. The van der Waals surface area contributed by atoms with Gasteiger partial charge in [-0.1, -0.05) is 54.6 Å². The van der Waals surface area contributed by atoms with Crippen molar-refractivity contribution in [1.82, 2.24) is 9.38 Å². The topological polar surface area (TPSA) is 34.4 Å². The van der Waals surface area contributed by atoms with Gasteiger partial charge in [0.05, 0.1) is 17.2 Å². The summed E-state index contributed by atoms with van der Waals surface area (Å²) in [5, 5.41) is 1.69. The van der Waals surface area contributed by atoms with Crippen LogP contribution in [-0.4, -0.2) is 9.38 Å². The van der Waals surface area contributed by atoms with Crippen LogP contribution in [0.2, 0.25) is 0 Å². The molecule has 108 valence electrons. The minimum absolute atomic E-state index is 0.0516. The highest BCUT2D eigenvalue weighted by atomic mass is 16.1. The van der Waals surface area contributed by atoms with Gasteiger partial charge in [-0.15, -0.1) is 0 Å². The first kappa shape index (κ1) is 12.4. The Hall–Kier alpha value is -3.20. The normalized spacial score (nSPS) is 11.7. The fraction of sp³-hybridized carbons (Fsp3) is 0. The Morgan fingerprint density at radius 2 is 1.48 bits per heavy atom. The van der Waals surface area contributed by atoms with E-state index in [-0.39, 0.29) is 5.43 Å². The van der Waals surface area contributed by atoms with E-state index in [9.17, 15) is 4.79 Å². The molecule has 0 bridgehead atoms. The molecule has 3 aromatic heterocycles. The van der Waals surface area contributed by atoms with Gasteiger partial charge >= 0.3 is 0 Å². The summed E-state index contributed by atoms with van der Waals surface area (Å²) >= 11 is 0. The minimum atomic E-state index is 0.0516. The lowest BCUT2D eigenvalue weighted by molar-refractivity contribution is 1.28. The second-order valence-corrected chi connectivity index (χ2v) is 5.68. The Kier molecular flexibility index (Phi) is 2.36. The van der Waals surface area contributed by atoms with Gasteiger partial charge in [0, 0.05) is 16.3 Å². The molecule has 0 aliphatic heterocycles. The summed E-state index contributed by atoms with van der Waals surface area (Å²) < 4.78 is 1.98. The molecule has 0 N–H and O–H groups in total. The first-order chi connectivity index (χ1) is 11.3. The molecule has 23 heavy (non-hydrogen) atoms. The standard InChI is InChI=1S/C20H12N2O/c23-19-16-9-5-4-8-15(16)18-12-21-20-14(10-11-17(19)22(18)20)13-6-2-1-3-7-13/h1-12H. The zero-order valence-corrected chi connectivity index (χ0v) is 12.2. The van der Waals surface area contributed by atoms with Crippen LogP contribution in [0.4, 0.5) is 0 Å². The van der Waals surface area contributed by atoms with E-state index in [1.165, 1.54) is 0 Å².